The fourth-order valence-corrected chi connectivity index (χ4v) is 6.26. The third kappa shape index (κ3) is 4.78. The molecule has 2 fully saturated rings. The lowest BCUT2D eigenvalue weighted by molar-refractivity contribution is -0.129. The van der Waals surface area contributed by atoms with Crippen LogP contribution >= 0.6 is 0 Å². The molecule has 1 aromatic heterocycles. The molecule has 0 bridgehead atoms. The summed E-state index contributed by atoms with van der Waals surface area (Å²) in [5, 5.41) is -0.511. The number of Topliss-reactive ketones (excluding diaryl/α,β-unsaturated/α-hetero) is 1. The number of sulfonamides is 1. The van der Waals surface area contributed by atoms with Gasteiger partial charge in [0, 0.05) is 55.7 Å². The molecule has 0 radical (unpaired) electrons. The predicted molar refractivity (Wildman–Crippen MR) is 132 cm³/mol. The number of nitrogens with one attached hydrogen (secondary N) is 1. The van der Waals surface area contributed by atoms with Gasteiger partial charge in [0.2, 0.25) is 15.9 Å². The summed E-state index contributed by atoms with van der Waals surface area (Å²) in [4.78, 5) is 30.3. The van der Waals surface area contributed by atoms with E-state index in [0.717, 1.165) is 47.3 Å². The first kappa shape index (κ1) is 22.8. The van der Waals surface area contributed by atoms with E-state index in [9.17, 15) is 18.0 Å². The highest BCUT2D eigenvalue weighted by Crippen LogP contribution is 2.34. The number of benzene rings is 1. The maximum Gasteiger partial charge on any atom is 0.235 e. The molecule has 0 spiro atoms. The van der Waals surface area contributed by atoms with Crippen molar-refractivity contribution in [1.82, 2.24) is 9.88 Å². The molecule has 2 aliphatic carbocycles. The molecule has 0 unspecified atom stereocenters. The second kappa shape index (κ2) is 8.98. The lowest BCUT2D eigenvalue weighted by Crippen LogP contribution is -2.43. The van der Waals surface area contributed by atoms with Gasteiger partial charge in [-0.1, -0.05) is 24.3 Å². The van der Waals surface area contributed by atoms with Gasteiger partial charge in [0.1, 0.15) is 5.78 Å². The van der Waals surface area contributed by atoms with Gasteiger partial charge in [-0.25, -0.2) is 8.42 Å². The third-order valence-electron chi connectivity index (χ3n) is 6.96. The zero-order chi connectivity index (χ0) is 23.9. The highest BCUT2D eigenvalue weighted by Gasteiger charge is 2.31. The van der Waals surface area contributed by atoms with Gasteiger partial charge in [-0.15, -0.1) is 0 Å². The van der Waals surface area contributed by atoms with E-state index in [1.807, 2.05) is 18.2 Å². The van der Waals surface area contributed by atoms with Crippen LogP contribution in [0.15, 0.2) is 36.4 Å². The van der Waals surface area contributed by atoms with Crippen molar-refractivity contribution >= 4 is 33.5 Å². The summed E-state index contributed by atoms with van der Waals surface area (Å²) in [6, 6.07) is 9.36. The first-order chi connectivity index (χ1) is 16.3. The van der Waals surface area contributed by atoms with Gasteiger partial charge in [0.15, 0.2) is 0 Å². The average molecular weight is 480 g/mol. The van der Waals surface area contributed by atoms with E-state index in [-0.39, 0.29) is 17.6 Å². The Bertz CT molecular complexity index is 1260. The maximum absolute atomic E-state index is 12.9. The van der Waals surface area contributed by atoms with E-state index in [0.29, 0.717) is 38.0 Å². The largest absolute Gasteiger partial charge is 0.343 e. The van der Waals surface area contributed by atoms with Crippen molar-refractivity contribution in [3.63, 3.8) is 0 Å². The number of ketones is 1. The Morgan fingerprint density at radius 2 is 1.79 bits per heavy atom. The van der Waals surface area contributed by atoms with Crippen molar-refractivity contribution in [3.8, 4) is 11.1 Å². The fraction of sp³-hybridized carbons (Fsp3) is 0.423. The zero-order valence-corrected chi connectivity index (χ0v) is 20.1. The van der Waals surface area contributed by atoms with Crippen LogP contribution in [0.4, 0.5) is 5.69 Å². The van der Waals surface area contributed by atoms with E-state index < -0.39 is 15.3 Å². The summed E-state index contributed by atoms with van der Waals surface area (Å²) in [5.41, 5.74) is 5.34. The van der Waals surface area contributed by atoms with E-state index in [1.54, 1.807) is 17.0 Å². The molecule has 178 valence electrons. The Hall–Kier alpha value is -3.00. The fourth-order valence-electron chi connectivity index (χ4n) is 4.80. The molecule has 0 atom stereocenters. The molecular formula is C26H29N3O4S. The van der Waals surface area contributed by atoms with Crippen LogP contribution in [-0.4, -0.2) is 48.3 Å². The number of piperidine rings is 1. The molecule has 2 heterocycles. The Balaban J connectivity index is 1.32. The highest BCUT2D eigenvalue weighted by atomic mass is 32.2. The monoisotopic (exact) mass is 479 g/mol. The minimum Gasteiger partial charge on any atom is -0.343 e. The van der Waals surface area contributed by atoms with Gasteiger partial charge in [-0.2, -0.15) is 0 Å². The molecule has 1 aliphatic heterocycles. The Morgan fingerprint density at radius 1 is 1.09 bits per heavy atom. The van der Waals surface area contributed by atoms with Gasteiger partial charge in [-0.05, 0) is 55.0 Å². The lowest BCUT2D eigenvalue weighted by atomic mass is 9.97. The molecule has 3 aliphatic rings. The smallest absolute Gasteiger partial charge is 0.235 e. The SMILES string of the molecule is CC(=O)N1CCC(S(=O)(=O)Nc2ccc(-c3cc(CC(=O)C4CC4)nc4c3C=CC4)cc2)CC1. The second-order valence-electron chi connectivity index (χ2n) is 9.48. The molecular weight excluding hydrogens is 450 g/mol. The Kier molecular flexibility index (Phi) is 6.02. The molecule has 1 amide bonds. The lowest BCUT2D eigenvalue weighted by Gasteiger charge is -2.31. The molecule has 34 heavy (non-hydrogen) atoms. The topological polar surface area (TPSA) is 96.4 Å². The quantitative estimate of drug-likeness (QED) is 0.655. The van der Waals surface area contributed by atoms with E-state index in [4.69, 9.17) is 4.98 Å². The van der Waals surface area contributed by atoms with Crippen LogP contribution in [0.25, 0.3) is 17.2 Å². The van der Waals surface area contributed by atoms with Crippen LogP contribution in [0.3, 0.4) is 0 Å². The first-order valence-electron chi connectivity index (χ1n) is 11.9. The van der Waals surface area contributed by atoms with E-state index in [1.165, 1.54) is 6.92 Å². The number of carbonyl (C=O) groups excluding carboxylic acids is 2. The summed E-state index contributed by atoms with van der Waals surface area (Å²) < 4.78 is 28.5. The van der Waals surface area contributed by atoms with Gasteiger partial charge in [0.25, 0.3) is 0 Å². The number of rotatable bonds is 7. The number of hydrogen-bond acceptors (Lipinski definition) is 5. The summed E-state index contributed by atoms with van der Waals surface area (Å²) in [5.74, 6) is 0.457. The van der Waals surface area contributed by atoms with Crippen molar-refractivity contribution < 1.29 is 18.0 Å². The van der Waals surface area contributed by atoms with Crippen LogP contribution in [0.1, 0.15) is 49.6 Å². The molecule has 2 aromatic rings. The van der Waals surface area contributed by atoms with Gasteiger partial charge in [0.05, 0.1) is 10.9 Å². The number of amides is 1. The number of nitrogens with zero attached hydrogens (tertiary/aromatic N) is 2. The molecule has 1 saturated heterocycles. The van der Waals surface area contributed by atoms with Crippen molar-refractivity contribution in [2.75, 3.05) is 17.8 Å². The van der Waals surface area contributed by atoms with E-state index in [2.05, 4.69) is 16.9 Å². The first-order valence-corrected chi connectivity index (χ1v) is 13.4. The summed E-state index contributed by atoms with van der Waals surface area (Å²) in [6.07, 6.45) is 8.12. The number of anilines is 1. The van der Waals surface area contributed by atoms with Crippen LogP contribution in [0, 0.1) is 5.92 Å². The minimum atomic E-state index is -3.54. The number of hydrogen-bond donors (Lipinski definition) is 1. The van der Waals surface area contributed by atoms with Crippen LogP contribution < -0.4 is 4.72 Å². The zero-order valence-electron chi connectivity index (χ0n) is 19.3. The molecule has 5 rings (SSSR count). The van der Waals surface area contributed by atoms with Crippen molar-refractivity contribution in [1.29, 1.82) is 0 Å². The summed E-state index contributed by atoms with van der Waals surface area (Å²) in [6.45, 7) is 2.44. The Labute approximate surface area is 200 Å². The molecule has 8 heteroatoms. The van der Waals surface area contributed by atoms with Crippen molar-refractivity contribution in [2.24, 2.45) is 5.92 Å². The number of pyridine rings is 1. The predicted octanol–water partition coefficient (Wildman–Crippen LogP) is 3.59. The van der Waals surface area contributed by atoms with Crippen LogP contribution in [-0.2, 0) is 32.5 Å². The number of fused-ring (bicyclic) bond motifs is 1. The number of aromatic nitrogens is 1. The van der Waals surface area contributed by atoms with Gasteiger partial charge in [-0.3, -0.25) is 19.3 Å². The van der Waals surface area contributed by atoms with E-state index >= 15 is 0 Å². The van der Waals surface area contributed by atoms with Crippen molar-refractivity contribution in [2.45, 2.75) is 50.7 Å². The van der Waals surface area contributed by atoms with Crippen molar-refractivity contribution in [3.05, 3.63) is 53.4 Å². The molecule has 1 N–H and O–H groups in total. The van der Waals surface area contributed by atoms with Crippen LogP contribution in [0.5, 0.6) is 0 Å². The standard InChI is InChI=1S/C26H29N3O4S/c1-17(30)29-13-11-22(12-14-29)34(32,33)28-20-9-7-18(8-10-20)24-15-21(16-26(31)19-5-6-19)27-25-4-2-3-23(24)25/h2-3,7-10,15,19,22,28H,4-6,11-14,16H2,1H3. The minimum absolute atomic E-state index is 0.0168. The highest BCUT2D eigenvalue weighted by molar-refractivity contribution is 7.93. The average Bonchev–Trinajstić information content (AvgIpc) is 3.57. The number of allylic oxidation sites excluding steroid dienone is 1. The Morgan fingerprint density at radius 3 is 2.44 bits per heavy atom. The molecule has 7 nitrogen and oxygen atoms in total. The summed E-state index contributed by atoms with van der Waals surface area (Å²) in [7, 11) is -3.54. The normalized spacial score (nSPS) is 18.1. The molecule has 1 aromatic carbocycles. The second-order valence-corrected chi connectivity index (χ2v) is 11.4. The maximum atomic E-state index is 12.9. The number of likely N-dealkylation sites (tertiary alicyclic amines) is 1. The van der Waals surface area contributed by atoms with Gasteiger partial charge < -0.3 is 4.90 Å². The van der Waals surface area contributed by atoms with Gasteiger partial charge >= 0.3 is 0 Å². The number of carbonyl (C=O) groups is 2. The summed E-state index contributed by atoms with van der Waals surface area (Å²) >= 11 is 0. The molecule has 1 saturated carbocycles. The third-order valence-corrected chi connectivity index (χ3v) is 8.83. The van der Waals surface area contributed by atoms with Crippen LogP contribution in [0.2, 0.25) is 0 Å².